The molecular formula is C29H62ClN. The molecule has 190 valence electrons. The second kappa shape index (κ2) is 28.3. The van der Waals surface area contributed by atoms with E-state index in [-0.39, 0.29) is 12.4 Å². The zero-order valence-electron chi connectivity index (χ0n) is 22.4. The summed E-state index contributed by atoms with van der Waals surface area (Å²) in [5.74, 6) is 0. The van der Waals surface area contributed by atoms with Crippen molar-refractivity contribution < 1.29 is 0 Å². The van der Waals surface area contributed by atoms with Crippen LogP contribution in [0.2, 0.25) is 0 Å². The standard InChI is InChI=1S/C29H61N.ClH/c1-5-7-9-11-13-14-15-16-17-18-19-20-22-24-26-28-29(30(3)4)27-25-23-21-12-10-8-6-2;/h29H,5-28H2,1-4H3;1H. The van der Waals surface area contributed by atoms with E-state index in [2.05, 4.69) is 32.8 Å². The zero-order chi connectivity index (χ0) is 22.1. The van der Waals surface area contributed by atoms with Crippen LogP contribution in [0.15, 0.2) is 0 Å². The highest BCUT2D eigenvalue weighted by atomic mass is 35.5. The van der Waals surface area contributed by atoms with Crippen molar-refractivity contribution in [3.05, 3.63) is 0 Å². The molecule has 0 aromatic carbocycles. The van der Waals surface area contributed by atoms with Crippen LogP contribution in [0.5, 0.6) is 0 Å². The summed E-state index contributed by atoms with van der Waals surface area (Å²) in [7, 11) is 4.58. The molecule has 31 heavy (non-hydrogen) atoms. The Morgan fingerprint density at radius 1 is 0.387 bits per heavy atom. The molecule has 0 spiro atoms. The van der Waals surface area contributed by atoms with Crippen LogP contribution >= 0.6 is 12.4 Å². The molecule has 0 aliphatic heterocycles. The van der Waals surface area contributed by atoms with Gasteiger partial charge in [-0.2, -0.15) is 0 Å². The van der Waals surface area contributed by atoms with Gasteiger partial charge >= 0.3 is 0 Å². The highest BCUT2D eigenvalue weighted by molar-refractivity contribution is 5.85. The summed E-state index contributed by atoms with van der Waals surface area (Å²) in [5, 5.41) is 0. The lowest BCUT2D eigenvalue weighted by atomic mass is 9.99. The van der Waals surface area contributed by atoms with E-state index in [4.69, 9.17) is 0 Å². The van der Waals surface area contributed by atoms with Gasteiger partial charge in [0.15, 0.2) is 0 Å². The Hall–Kier alpha value is 0.250. The monoisotopic (exact) mass is 459 g/mol. The van der Waals surface area contributed by atoms with Crippen molar-refractivity contribution in [3.63, 3.8) is 0 Å². The Balaban J connectivity index is 0. The van der Waals surface area contributed by atoms with Crippen molar-refractivity contribution >= 4 is 12.4 Å². The minimum atomic E-state index is 0. The van der Waals surface area contributed by atoms with Crippen LogP contribution < -0.4 is 0 Å². The first kappa shape index (κ1) is 33.4. The fraction of sp³-hybridized carbons (Fsp3) is 1.00. The van der Waals surface area contributed by atoms with Crippen molar-refractivity contribution in [2.24, 2.45) is 0 Å². The number of unbranched alkanes of at least 4 members (excludes halogenated alkanes) is 20. The fourth-order valence-electron chi connectivity index (χ4n) is 4.75. The summed E-state index contributed by atoms with van der Waals surface area (Å²) >= 11 is 0. The van der Waals surface area contributed by atoms with Crippen LogP contribution in [-0.2, 0) is 0 Å². The molecule has 0 saturated carbocycles. The Labute approximate surface area is 205 Å². The number of rotatable bonds is 25. The van der Waals surface area contributed by atoms with Crippen molar-refractivity contribution in [2.45, 2.75) is 174 Å². The molecule has 0 aliphatic rings. The van der Waals surface area contributed by atoms with Gasteiger partial charge < -0.3 is 4.90 Å². The van der Waals surface area contributed by atoms with Gasteiger partial charge in [0.05, 0.1) is 0 Å². The Morgan fingerprint density at radius 2 is 0.613 bits per heavy atom. The van der Waals surface area contributed by atoms with E-state index in [1.54, 1.807) is 0 Å². The molecule has 0 rings (SSSR count). The quantitative estimate of drug-likeness (QED) is 0.123. The van der Waals surface area contributed by atoms with Crippen molar-refractivity contribution in [1.29, 1.82) is 0 Å². The molecule has 1 unspecified atom stereocenters. The Bertz CT molecular complexity index is 305. The molecule has 0 N–H and O–H groups in total. The van der Waals surface area contributed by atoms with Gasteiger partial charge in [-0.15, -0.1) is 12.4 Å². The minimum Gasteiger partial charge on any atom is -0.306 e. The molecule has 0 aromatic rings. The van der Waals surface area contributed by atoms with E-state index < -0.39 is 0 Å². The molecule has 0 amide bonds. The van der Waals surface area contributed by atoms with E-state index in [0.717, 1.165) is 6.04 Å². The third-order valence-electron chi connectivity index (χ3n) is 7.01. The van der Waals surface area contributed by atoms with E-state index in [0.29, 0.717) is 0 Å². The second-order valence-corrected chi connectivity index (χ2v) is 10.3. The van der Waals surface area contributed by atoms with Gasteiger partial charge in [-0.05, 0) is 26.9 Å². The lowest BCUT2D eigenvalue weighted by Crippen LogP contribution is -2.27. The summed E-state index contributed by atoms with van der Waals surface area (Å²) in [4.78, 5) is 2.49. The van der Waals surface area contributed by atoms with E-state index in [1.165, 1.54) is 154 Å². The third-order valence-corrected chi connectivity index (χ3v) is 7.01. The zero-order valence-corrected chi connectivity index (χ0v) is 23.2. The average molecular weight is 460 g/mol. The van der Waals surface area contributed by atoms with Gasteiger partial charge in [0, 0.05) is 6.04 Å². The van der Waals surface area contributed by atoms with Crippen LogP contribution in [0.4, 0.5) is 0 Å². The summed E-state index contributed by atoms with van der Waals surface area (Å²) in [6, 6.07) is 0.822. The summed E-state index contributed by atoms with van der Waals surface area (Å²) in [6.45, 7) is 4.61. The normalized spacial score (nSPS) is 12.3. The summed E-state index contributed by atoms with van der Waals surface area (Å²) < 4.78 is 0. The maximum Gasteiger partial charge on any atom is 0.00891 e. The highest BCUT2D eigenvalue weighted by Crippen LogP contribution is 2.18. The molecule has 0 radical (unpaired) electrons. The van der Waals surface area contributed by atoms with Crippen molar-refractivity contribution in [3.8, 4) is 0 Å². The van der Waals surface area contributed by atoms with E-state index in [9.17, 15) is 0 Å². The van der Waals surface area contributed by atoms with Crippen molar-refractivity contribution in [1.82, 2.24) is 4.90 Å². The van der Waals surface area contributed by atoms with Gasteiger partial charge in [-0.1, -0.05) is 155 Å². The largest absolute Gasteiger partial charge is 0.306 e. The minimum absolute atomic E-state index is 0. The van der Waals surface area contributed by atoms with E-state index in [1.807, 2.05) is 0 Å². The molecule has 0 bridgehead atoms. The predicted molar refractivity (Wildman–Crippen MR) is 147 cm³/mol. The molecule has 0 fully saturated rings. The Kier molecular flexibility index (Phi) is 30.5. The maximum atomic E-state index is 2.49. The first-order valence-electron chi connectivity index (χ1n) is 14.4. The SMILES string of the molecule is CCCCCCCCCCCCCCCCCC(CCCCCCCCC)N(C)C.Cl. The van der Waals surface area contributed by atoms with Gasteiger partial charge in [0.25, 0.3) is 0 Å². The van der Waals surface area contributed by atoms with Gasteiger partial charge in [0.1, 0.15) is 0 Å². The van der Waals surface area contributed by atoms with Crippen LogP contribution in [0.25, 0.3) is 0 Å². The topological polar surface area (TPSA) is 3.24 Å². The highest BCUT2D eigenvalue weighted by Gasteiger charge is 2.10. The van der Waals surface area contributed by atoms with Gasteiger partial charge in [0.2, 0.25) is 0 Å². The molecule has 0 aromatic heterocycles. The number of halogens is 1. The van der Waals surface area contributed by atoms with Crippen LogP contribution in [0, 0.1) is 0 Å². The third kappa shape index (κ3) is 26.4. The summed E-state index contributed by atoms with van der Waals surface area (Å²) in [5.41, 5.74) is 0. The maximum absolute atomic E-state index is 2.49. The molecular weight excluding hydrogens is 398 g/mol. The number of hydrogen-bond donors (Lipinski definition) is 0. The molecule has 2 heteroatoms. The average Bonchev–Trinajstić information content (AvgIpc) is 2.74. The van der Waals surface area contributed by atoms with Gasteiger partial charge in [-0.25, -0.2) is 0 Å². The number of nitrogens with zero attached hydrogens (tertiary/aromatic N) is 1. The fourth-order valence-corrected chi connectivity index (χ4v) is 4.75. The molecule has 1 atom stereocenters. The molecule has 0 heterocycles. The second-order valence-electron chi connectivity index (χ2n) is 10.3. The van der Waals surface area contributed by atoms with Crippen LogP contribution in [0.3, 0.4) is 0 Å². The van der Waals surface area contributed by atoms with Gasteiger partial charge in [-0.3, -0.25) is 0 Å². The van der Waals surface area contributed by atoms with E-state index >= 15 is 0 Å². The lowest BCUT2D eigenvalue weighted by molar-refractivity contribution is 0.251. The number of hydrogen-bond acceptors (Lipinski definition) is 1. The Morgan fingerprint density at radius 3 is 0.839 bits per heavy atom. The summed E-state index contributed by atoms with van der Waals surface area (Å²) in [6.07, 6.45) is 34.8. The lowest BCUT2D eigenvalue weighted by Gasteiger charge is -2.24. The van der Waals surface area contributed by atoms with Crippen LogP contribution in [0.1, 0.15) is 168 Å². The first-order chi connectivity index (χ1) is 14.7. The smallest absolute Gasteiger partial charge is 0.00891 e. The van der Waals surface area contributed by atoms with Crippen LogP contribution in [-0.4, -0.2) is 25.0 Å². The first-order valence-corrected chi connectivity index (χ1v) is 14.4. The molecule has 0 saturated heterocycles. The predicted octanol–water partition coefficient (Wildman–Crippen LogP) is 10.7. The molecule has 1 nitrogen and oxygen atoms in total. The molecule has 0 aliphatic carbocycles. The van der Waals surface area contributed by atoms with Crippen molar-refractivity contribution in [2.75, 3.05) is 14.1 Å².